The number of primary amides is 1. The van der Waals surface area contributed by atoms with E-state index < -0.39 is 5.54 Å². The van der Waals surface area contributed by atoms with Gasteiger partial charge in [0.25, 0.3) is 6.57 Å². The summed E-state index contributed by atoms with van der Waals surface area (Å²) >= 11 is 1.79. The first-order chi connectivity index (χ1) is 8.45. The van der Waals surface area contributed by atoms with E-state index >= 15 is 0 Å². The summed E-state index contributed by atoms with van der Waals surface area (Å²) < 4.78 is 0. The maximum atomic E-state index is 10.7. The summed E-state index contributed by atoms with van der Waals surface area (Å²) in [6.07, 6.45) is 3.10. The quantitative estimate of drug-likeness (QED) is 0.569. The van der Waals surface area contributed by atoms with Crippen molar-refractivity contribution in [2.24, 2.45) is 11.5 Å². The number of rotatable bonds is 6. The molecule has 5 heteroatoms. The number of nitrogens with zero attached hydrogens (tertiary/aromatic N) is 1. The van der Waals surface area contributed by atoms with Gasteiger partial charge in [-0.2, -0.15) is 0 Å². The molecule has 0 aromatic carbocycles. The van der Waals surface area contributed by atoms with Gasteiger partial charge in [-0.25, -0.2) is 0 Å². The molecule has 4 nitrogen and oxygen atoms in total. The van der Waals surface area contributed by atoms with Crippen LogP contribution in [0, 0.1) is 6.57 Å². The molecule has 0 saturated carbocycles. The van der Waals surface area contributed by atoms with Gasteiger partial charge in [0.15, 0.2) is 0 Å². The number of nitrogens with two attached hydrogens (primary N) is 2. The molecule has 0 bridgehead atoms. The van der Waals surface area contributed by atoms with Gasteiger partial charge in [-0.1, -0.05) is 17.8 Å². The standard InChI is InChI=1S/C13H21N3OS/c1-9(2)13(16-3)10(14)8-18-11(13)6-4-5-7-12(15)17/h3,10-11H,1,4-8,14H2,2H3,(H-,15,17)/p+1/t10-,11+,13+/m0/s1. The first-order valence-electron chi connectivity index (χ1n) is 6.18. The SMILES string of the molecule is C#[N+][C@]1(C(=C)C)[C@@H](N)CS[C@@H]1CCCCC(N)=O. The van der Waals surface area contributed by atoms with Gasteiger partial charge < -0.3 is 11.5 Å². The highest BCUT2D eigenvalue weighted by Crippen LogP contribution is 2.45. The highest BCUT2D eigenvalue weighted by atomic mass is 32.2. The molecule has 18 heavy (non-hydrogen) atoms. The van der Waals surface area contributed by atoms with E-state index in [-0.39, 0.29) is 17.2 Å². The third kappa shape index (κ3) is 2.88. The Hall–Kier alpha value is -0.990. The molecule has 1 saturated heterocycles. The minimum atomic E-state index is -0.516. The van der Waals surface area contributed by atoms with Crippen molar-refractivity contribution in [2.75, 3.05) is 5.75 Å². The van der Waals surface area contributed by atoms with Crippen molar-refractivity contribution in [3.8, 4) is 6.57 Å². The van der Waals surface area contributed by atoms with Gasteiger partial charge >= 0.3 is 5.54 Å². The Balaban J connectivity index is 2.62. The number of hydrogen-bond donors (Lipinski definition) is 2. The molecule has 0 spiro atoms. The van der Waals surface area contributed by atoms with Crippen LogP contribution in [-0.4, -0.2) is 28.5 Å². The second-order valence-electron chi connectivity index (χ2n) is 4.88. The van der Waals surface area contributed by atoms with Crippen molar-refractivity contribution in [1.82, 2.24) is 0 Å². The van der Waals surface area contributed by atoms with E-state index in [0.717, 1.165) is 30.6 Å². The summed E-state index contributed by atoms with van der Waals surface area (Å²) in [6, 6.07) is -0.0776. The zero-order valence-electron chi connectivity index (χ0n) is 10.9. The van der Waals surface area contributed by atoms with E-state index in [2.05, 4.69) is 11.4 Å². The molecule has 100 valence electrons. The van der Waals surface area contributed by atoms with Gasteiger partial charge in [0.2, 0.25) is 5.91 Å². The first kappa shape index (κ1) is 15.1. The molecule has 0 aromatic heterocycles. The van der Waals surface area contributed by atoms with Crippen LogP contribution in [0.2, 0.25) is 0 Å². The van der Waals surface area contributed by atoms with Crippen molar-refractivity contribution in [2.45, 2.75) is 49.4 Å². The predicted octanol–water partition coefficient (Wildman–Crippen LogP) is 1.75. The molecule has 1 fully saturated rings. The average Bonchev–Trinajstić information content (AvgIpc) is 2.62. The molecular weight excluding hydrogens is 246 g/mol. The molecule has 1 aliphatic rings. The van der Waals surface area contributed by atoms with Crippen molar-refractivity contribution in [1.29, 1.82) is 0 Å². The van der Waals surface area contributed by atoms with E-state index in [1.165, 1.54) is 0 Å². The fourth-order valence-electron chi connectivity index (χ4n) is 2.53. The molecular formula is C13H22N3OS+. The highest BCUT2D eigenvalue weighted by Gasteiger charge is 2.59. The van der Waals surface area contributed by atoms with Crippen LogP contribution in [0.25, 0.3) is 4.85 Å². The number of carbonyl (C=O) groups is 1. The Morgan fingerprint density at radius 3 is 2.78 bits per heavy atom. The van der Waals surface area contributed by atoms with Crippen LogP contribution in [0.5, 0.6) is 0 Å². The molecule has 0 aliphatic carbocycles. The van der Waals surface area contributed by atoms with Crippen LogP contribution in [0.1, 0.15) is 32.6 Å². The Kier molecular flexibility index (Phi) is 5.24. The molecule has 0 unspecified atom stereocenters. The molecule has 3 atom stereocenters. The van der Waals surface area contributed by atoms with Gasteiger partial charge in [-0.3, -0.25) is 4.79 Å². The molecule has 0 aromatic rings. The van der Waals surface area contributed by atoms with Gasteiger partial charge in [-0.05, 0) is 19.8 Å². The van der Waals surface area contributed by atoms with Gasteiger partial charge in [-0.15, -0.1) is 11.8 Å². The summed E-state index contributed by atoms with van der Waals surface area (Å²) in [5.74, 6) is 0.592. The maximum absolute atomic E-state index is 10.7. The van der Waals surface area contributed by atoms with Crippen LogP contribution < -0.4 is 11.5 Å². The molecule has 1 amide bonds. The topological polar surface area (TPSA) is 73.5 Å². The normalized spacial score (nSPS) is 30.9. The largest absolute Gasteiger partial charge is 0.370 e. The first-order valence-corrected chi connectivity index (χ1v) is 7.23. The zero-order chi connectivity index (χ0) is 13.8. The van der Waals surface area contributed by atoms with Crippen molar-refractivity contribution in [3.63, 3.8) is 0 Å². The van der Waals surface area contributed by atoms with Gasteiger partial charge in [0.05, 0.1) is 5.25 Å². The Bertz CT molecular complexity index is 377. The van der Waals surface area contributed by atoms with E-state index in [1.807, 2.05) is 6.92 Å². The van der Waals surface area contributed by atoms with E-state index in [9.17, 15) is 4.79 Å². The van der Waals surface area contributed by atoms with Gasteiger partial charge in [0, 0.05) is 17.7 Å². The van der Waals surface area contributed by atoms with Crippen molar-refractivity contribution < 1.29 is 4.79 Å². The number of unbranched alkanes of at least 4 members (excludes halogenated alkanes) is 1. The molecule has 1 rings (SSSR count). The number of hydrogen-bond acceptors (Lipinski definition) is 3. The van der Waals surface area contributed by atoms with Crippen molar-refractivity contribution >= 4 is 17.7 Å². The lowest BCUT2D eigenvalue weighted by Gasteiger charge is -2.23. The molecule has 1 heterocycles. The highest BCUT2D eigenvalue weighted by molar-refractivity contribution is 8.00. The zero-order valence-corrected chi connectivity index (χ0v) is 11.7. The minimum Gasteiger partial charge on any atom is -0.370 e. The number of amides is 1. The Morgan fingerprint density at radius 1 is 1.61 bits per heavy atom. The molecule has 4 N–H and O–H groups in total. The predicted molar refractivity (Wildman–Crippen MR) is 77.7 cm³/mol. The number of thioether (sulfide) groups is 1. The minimum absolute atomic E-state index is 0.0776. The molecule has 1 aliphatic heterocycles. The van der Waals surface area contributed by atoms with Crippen LogP contribution in [0.3, 0.4) is 0 Å². The third-order valence-electron chi connectivity index (χ3n) is 3.57. The van der Waals surface area contributed by atoms with Crippen LogP contribution in [0.15, 0.2) is 12.2 Å². The van der Waals surface area contributed by atoms with E-state index in [1.54, 1.807) is 11.8 Å². The molecule has 0 radical (unpaired) electrons. The third-order valence-corrected chi connectivity index (χ3v) is 5.12. The Morgan fingerprint density at radius 2 is 2.28 bits per heavy atom. The lowest BCUT2D eigenvalue weighted by Crippen LogP contribution is -2.49. The fraction of sp³-hybridized carbons (Fsp3) is 0.692. The second kappa shape index (κ2) is 6.26. The summed E-state index contributed by atoms with van der Waals surface area (Å²) in [5, 5.41) is 0.253. The summed E-state index contributed by atoms with van der Waals surface area (Å²) in [7, 11) is 0. The van der Waals surface area contributed by atoms with Crippen LogP contribution in [-0.2, 0) is 4.79 Å². The van der Waals surface area contributed by atoms with Crippen LogP contribution >= 0.6 is 11.8 Å². The monoisotopic (exact) mass is 268 g/mol. The van der Waals surface area contributed by atoms with Crippen molar-refractivity contribution in [3.05, 3.63) is 17.0 Å². The number of carbonyl (C=O) groups excluding carboxylic acids is 1. The smallest absolute Gasteiger partial charge is 0.328 e. The fourth-order valence-corrected chi connectivity index (χ4v) is 4.24. The lowest BCUT2D eigenvalue weighted by molar-refractivity contribution is -0.118. The van der Waals surface area contributed by atoms with E-state index in [4.69, 9.17) is 18.0 Å². The second-order valence-corrected chi connectivity index (χ2v) is 6.11. The Labute approximate surface area is 113 Å². The summed E-state index contributed by atoms with van der Waals surface area (Å²) in [4.78, 5) is 14.7. The summed E-state index contributed by atoms with van der Waals surface area (Å²) in [5.41, 5.74) is 11.7. The van der Waals surface area contributed by atoms with E-state index in [0.29, 0.717) is 6.42 Å². The average molecular weight is 268 g/mol. The lowest BCUT2D eigenvalue weighted by atomic mass is 9.81. The van der Waals surface area contributed by atoms with Gasteiger partial charge in [0.1, 0.15) is 6.04 Å². The van der Waals surface area contributed by atoms with Crippen LogP contribution in [0.4, 0.5) is 0 Å². The summed E-state index contributed by atoms with van der Waals surface area (Å²) in [6.45, 7) is 11.5. The maximum Gasteiger partial charge on any atom is 0.328 e.